The van der Waals surface area contributed by atoms with Crippen LogP contribution < -0.4 is 5.73 Å². The number of morpholine rings is 1. The quantitative estimate of drug-likeness (QED) is 0.213. The van der Waals surface area contributed by atoms with E-state index in [2.05, 4.69) is 15.3 Å². The lowest BCUT2D eigenvalue weighted by Gasteiger charge is -2.31. The van der Waals surface area contributed by atoms with Crippen LogP contribution in [0.15, 0.2) is 59.1 Å². The fraction of sp³-hybridized carbons (Fsp3) is 0.455. The number of nitrogens with two attached hydrogens (primary N) is 1. The van der Waals surface area contributed by atoms with Crippen LogP contribution in [0.25, 0.3) is 0 Å². The molecule has 12 nitrogen and oxygen atoms in total. The molecule has 2 N–H and O–H groups in total. The second-order valence-electron chi connectivity index (χ2n) is 11.9. The predicted molar refractivity (Wildman–Crippen MR) is 164 cm³/mol. The van der Waals surface area contributed by atoms with Crippen molar-refractivity contribution in [2.75, 3.05) is 39.4 Å². The Morgan fingerprint density at radius 1 is 1.02 bits per heavy atom. The number of imide groups is 1. The summed E-state index contributed by atoms with van der Waals surface area (Å²) in [6, 6.07) is 14.7. The van der Waals surface area contributed by atoms with E-state index in [1.165, 1.54) is 9.80 Å². The number of aromatic nitrogens is 2. The van der Waals surface area contributed by atoms with Gasteiger partial charge < -0.3 is 15.0 Å². The summed E-state index contributed by atoms with van der Waals surface area (Å²) in [5.41, 5.74) is 8.95. The number of nitrogens with zero attached hydrogens (tertiary/aromatic N) is 5. The zero-order chi connectivity index (χ0) is 31.9. The summed E-state index contributed by atoms with van der Waals surface area (Å²) in [6.07, 6.45) is 0.726. The summed E-state index contributed by atoms with van der Waals surface area (Å²) in [5.74, 6) is -1.38. The Kier molecular flexibility index (Phi) is 10.4. The van der Waals surface area contributed by atoms with Gasteiger partial charge in [0.05, 0.1) is 13.2 Å². The summed E-state index contributed by atoms with van der Waals surface area (Å²) >= 11 is 0. The summed E-state index contributed by atoms with van der Waals surface area (Å²) in [4.78, 5) is 58.6. The third kappa shape index (κ3) is 7.81. The molecule has 0 spiro atoms. The first kappa shape index (κ1) is 32.0. The van der Waals surface area contributed by atoms with Crippen LogP contribution >= 0.6 is 0 Å². The van der Waals surface area contributed by atoms with Crippen LogP contribution in [0.5, 0.6) is 0 Å². The lowest BCUT2D eigenvalue weighted by molar-refractivity contribution is -0.129. The Balaban J connectivity index is 1.31. The SMILES string of the molecule is Cc1cccc(Cc2onnc2C(=O)C[C@@H](C)C[C@H](C(N)=O)N2C(=O)N(CCN3CCOCC3)C(=O)[C@@H]2Cc2ccccc2)c1. The van der Waals surface area contributed by atoms with Crippen LogP contribution in [-0.2, 0) is 27.2 Å². The highest BCUT2D eigenvalue weighted by atomic mass is 16.5. The van der Waals surface area contributed by atoms with E-state index < -0.39 is 24.0 Å². The Labute approximate surface area is 262 Å². The van der Waals surface area contributed by atoms with Gasteiger partial charge in [-0.05, 0) is 30.4 Å². The molecule has 3 aromatic rings. The van der Waals surface area contributed by atoms with Gasteiger partial charge in [-0.25, -0.2) is 4.79 Å². The van der Waals surface area contributed by atoms with Crippen LogP contribution in [0, 0.1) is 12.8 Å². The average molecular weight is 617 g/mol. The molecule has 0 radical (unpaired) electrons. The number of amides is 4. The van der Waals surface area contributed by atoms with Crippen molar-refractivity contribution in [1.82, 2.24) is 25.1 Å². The number of benzene rings is 2. The number of carbonyl (C=O) groups excluding carboxylic acids is 4. The van der Waals surface area contributed by atoms with E-state index in [9.17, 15) is 19.2 Å². The minimum atomic E-state index is -1.09. The van der Waals surface area contributed by atoms with Crippen LogP contribution in [0.1, 0.15) is 52.7 Å². The molecule has 2 aliphatic heterocycles. The Bertz CT molecular complexity index is 1500. The van der Waals surface area contributed by atoms with Crippen molar-refractivity contribution < 1.29 is 28.4 Å². The molecule has 1 aromatic heterocycles. The molecule has 3 atom stereocenters. The summed E-state index contributed by atoms with van der Waals surface area (Å²) in [5, 5.41) is 7.57. The van der Waals surface area contributed by atoms with E-state index in [0.29, 0.717) is 31.9 Å². The number of carbonyl (C=O) groups is 4. The minimum absolute atomic E-state index is 0.0267. The highest BCUT2D eigenvalue weighted by molar-refractivity contribution is 6.06. The van der Waals surface area contributed by atoms with Gasteiger partial charge in [0, 0.05) is 50.7 Å². The molecule has 2 saturated heterocycles. The first-order chi connectivity index (χ1) is 21.7. The molecule has 2 aromatic carbocycles. The fourth-order valence-electron chi connectivity index (χ4n) is 6.10. The zero-order valence-electron chi connectivity index (χ0n) is 25.8. The molecule has 3 heterocycles. The molecule has 4 amide bonds. The monoisotopic (exact) mass is 616 g/mol. The van der Waals surface area contributed by atoms with E-state index in [-0.39, 0.29) is 49.1 Å². The molecule has 0 aliphatic carbocycles. The van der Waals surface area contributed by atoms with Crippen molar-refractivity contribution in [2.45, 2.75) is 51.6 Å². The maximum atomic E-state index is 13.9. The number of ketones is 1. The standard InChI is InChI=1S/C33H40N6O6/c1-22-7-6-10-25(17-22)21-29-30(35-36-45-29)28(40)19-23(2)18-26(31(34)41)39-27(20-24-8-4-3-5-9-24)32(42)38(33(39)43)12-11-37-13-15-44-16-14-37/h3-10,17,23,26-27H,11-16,18-21H2,1-2H3,(H2,34,41)/t23-,26+,27-/m0/s1. The van der Waals surface area contributed by atoms with Gasteiger partial charge in [-0.2, -0.15) is 0 Å². The highest BCUT2D eigenvalue weighted by Gasteiger charge is 2.49. The first-order valence-corrected chi connectivity index (χ1v) is 15.4. The number of primary amides is 1. The second-order valence-corrected chi connectivity index (χ2v) is 11.9. The van der Waals surface area contributed by atoms with Crippen molar-refractivity contribution in [3.05, 3.63) is 82.7 Å². The van der Waals surface area contributed by atoms with Crippen molar-refractivity contribution in [2.24, 2.45) is 11.7 Å². The number of Topliss-reactive ketones (excluding diaryl/α,β-unsaturated/α-hetero) is 1. The van der Waals surface area contributed by atoms with Crippen molar-refractivity contribution in [1.29, 1.82) is 0 Å². The van der Waals surface area contributed by atoms with Gasteiger partial charge in [0.2, 0.25) is 5.91 Å². The normalized spacial score (nSPS) is 18.8. The third-order valence-corrected chi connectivity index (χ3v) is 8.45. The smallest absolute Gasteiger partial charge is 0.328 e. The first-order valence-electron chi connectivity index (χ1n) is 15.4. The van der Waals surface area contributed by atoms with Gasteiger partial charge >= 0.3 is 6.03 Å². The Hall–Kier alpha value is -4.42. The van der Waals surface area contributed by atoms with Gasteiger partial charge in [0.1, 0.15) is 12.1 Å². The van der Waals surface area contributed by atoms with Crippen molar-refractivity contribution in [3.63, 3.8) is 0 Å². The molecule has 5 rings (SSSR count). The van der Waals surface area contributed by atoms with Gasteiger partial charge in [-0.1, -0.05) is 67.1 Å². The fourth-order valence-corrected chi connectivity index (χ4v) is 6.10. The van der Waals surface area contributed by atoms with Gasteiger partial charge in [-0.15, -0.1) is 5.10 Å². The van der Waals surface area contributed by atoms with Crippen molar-refractivity contribution in [3.8, 4) is 0 Å². The Morgan fingerprint density at radius 2 is 1.76 bits per heavy atom. The van der Waals surface area contributed by atoms with Gasteiger partial charge in [0.25, 0.3) is 5.91 Å². The number of rotatable bonds is 14. The van der Waals surface area contributed by atoms with Gasteiger partial charge in [0.15, 0.2) is 17.2 Å². The van der Waals surface area contributed by atoms with Crippen molar-refractivity contribution >= 4 is 23.6 Å². The van der Waals surface area contributed by atoms with Crippen LogP contribution in [0.3, 0.4) is 0 Å². The van der Waals surface area contributed by atoms with E-state index in [1.54, 1.807) is 0 Å². The van der Waals surface area contributed by atoms with E-state index in [4.69, 9.17) is 15.0 Å². The third-order valence-electron chi connectivity index (χ3n) is 8.45. The minimum Gasteiger partial charge on any atom is -0.379 e. The summed E-state index contributed by atoms with van der Waals surface area (Å²) < 4.78 is 10.7. The van der Waals surface area contributed by atoms with E-state index in [1.807, 2.05) is 68.4 Å². The number of aryl methyl sites for hydroxylation is 1. The number of hydrogen-bond donors (Lipinski definition) is 1. The largest absolute Gasteiger partial charge is 0.379 e. The van der Waals surface area contributed by atoms with Crippen LogP contribution in [0.2, 0.25) is 0 Å². The zero-order valence-corrected chi connectivity index (χ0v) is 25.8. The number of hydrogen-bond acceptors (Lipinski definition) is 9. The molecule has 238 valence electrons. The Morgan fingerprint density at radius 3 is 2.47 bits per heavy atom. The number of ether oxygens (including phenoxy) is 1. The van der Waals surface area contributed by atoms with E-state index >= 15 is 0 Å². The lowest BCUT2D eigenvalue weighted by atomic mass is 9.92. The summed E-state index contributed by atoms with van der Waals surface area (Å²) in [7, 11) is 0. The molecular weight excluding hydrogens is 576 g/mol. The summed E-state index contributed by atoms with van der Waals surface area (Å²) in [6.45, 7) is 7.14. The molecule has 0 unspecified atom stereocenters. The topological polar surface area (TPSA) is 152 Å². The molecule has 0 bridgehead atoms. The van der Waals surface area contributed by atoms with Gasteiger partial charge in [-0.3, -0.25) is 29.1 Å². The molecular formula is C33H40N6O6. The van der Waals surface area contributed by atoms with E-state index in [0.717, 1.165) is 29.8 Å². The second kappa shape index (κ2) is 14.6. The molecule has 0 saturated carbocycles. The number of urea groups is 1. The maximum Gasteiger partial charge on any atom is 0.328 e. The predicted octanol–water partition coefficient (Wildman–Crippen LogP) is 2.63. The molecule has 45 heavy (non-hydrogen) atoms. The highest BCUT2D eigenvalue weighted by Crippen LogP contribution is 2.28. The molecule has 2 aliphatic rings. The van der Waals surface area contributed by atoms with Crippen LogP contribution in [0.4, 0.5) is 4.79 Å². The maximum absolute atomic E-state index is 13.9. The molecule has 2 fully saturated rings. The molecule has 12 heteroatoms. The lowest BCUT2D eigenvalue weighted by Crippen LogP contribution is -2.51. The van der Waals surface area contributed by atoms with Crippen LogP contribution in [-0.4, -0.2) is 100 Å². The average Bonchev–Trinajstić information content (AvgIpc) is 3.57.